The molecule has 3 aliphatic heterocycles. The van der Waals surface area contributed by atoms with Crippen LogP contribution in [0.4, 0.5) is 10.1 Å². The second-order valence-electron chi connectivity index (χ2n) is 18.8. The first-order valence-corrected chi connectivity index (χ1v) is 26.9. The van der Waals surface area contributed by atoms with E-state index in [0.29, 0.717) is 35.6 Å². The molecule has 0 saturated carbocycles. The molecule has 0 radical (unpaired) electrons. The Balaban J connectivity index is 0.953. The first kappa shape index (κ1) is 49.4. The second kappa shape index (κ2) is 26.2. The lowest BCUT2D eigenvalue weighted by Crippen LogP contribution is -2.56. The standard InChI is InChI=1S/C52H82FN5O4S/c1-4-6-7-8-9-10-11-12-13-14-15-16-17-18-19-20-21-22-39-62-50-26-24-46(41-48(50)53)63(59,60)51-42-54-49-25-23-45(61-3)40-47(49)52(51)58-33-29-44(30-34-58)57-37-35-56(36-38-57)43-27-31-55(5-2)32-28-43/h23-26,40-44H,4-22,27-39H2,1-3H3. The lowest BCUT2D eigenvalue weighted by Gasteiger charge is -2.46. The number of halogens is 1. The minimum absolute atomic E-state index is 0.0901. The zero-order valence-electron chi connectivity index (χ0n) is 39.5. The summed E-state index contributed by atoms with van der Waals surface area (Å²) in [4.78, 5) is 14.7. The van der Waals surface area contributed by atoms with Crippen molar-refractivity contribution in [3.63, 3.8) is 0 Å². The molecule has 0 aliphatic carbocycles. The molecular formula is C52H82FN5O4S. The molecule has 3 saturated heterocycles. The molecule has 0 bridgehead atoms. The first-order valence-electron chi connectivity index (χ1n) is 25.4. The van der Waals surface area contributed by atoms with Gasteiger partial charge in [0.2, 0.25) is 9.84 Å². The normalized spacial score (nSPS) is 17.8. The third-order valence-corrected chi connectivity index (χ3v) is 16.2. The van der Waals surface area contributed by atoms with Crippen LogP contribution in [0.2, 0.25) is 0 Å². The topological polar surface area (TPSA) is 78.4 Å². The molecule has 3 aliphatic rings. The Hall–Kier alpha value is -2.99. The highest BCUT2D eigenvalue weighted by Gasteiger charge is 2.34. The molecule has 2 aromatic carbocycles. The molecular weight excluding hydrogens is 810 g/mol. The number of anilines is 1. The molecule has 4 heterocycles. The van der Waals surface area contributed by atoms with Crippen molar-refractivity contribution < 1.29 is 22.3 Å². The molecule has 63 heavy (non-hydrogen) atoms. The fourth-order valence-electron chi connectivity index (χ4n) is 10.4. The summed E-state index contributed by atoms with van der Waals surface area (Å²) in [6, 6.07) is 10.8. The van der Waals surface area contributed by atoms with Gasteiger partial charge in [0.05, 0.1) is 29.8 Å². The number of hydrogen-bond donors (Lipinski definition) is 0. The minimum Gasteiger partial charge on any atom is -0.497 e. The van der Waals surface area contributed by atoms with Crippen LogP contribution >= 0.6 is 0 Å². The van der Waals surface area contributed by atoms with Gasteiger partial charge in [0.1, 0.15) is 10.6 Å². The Morgan fingerprint density at radius 3 is 1.68 bits per heavy atom. The second-order valence-corrected chi connectivity index (χ2v) is 20.7. The van der Waals surface area contributed by atoms with Crippen LogP contribution in [0, 0.1) is 5.82 Å². The number of nitrogens with zero attached hydrogens (tertiary/aromatic N) is 5. The van der Waals surface area contributed by atoms with Crippen LogP contribution in [0.1, 0.15) is 155 Å². The number of piperidine rings is 2. The number of aromatic nitrogens is 1. The van der Waals surface area contributed by atoms with Crippen molar-refractivity contribution in [1.82, 2.24) is 19.7 Å². The maximum Gasteiger partial charge on any atom is 0.210 e. The van der Waals surface area contributed by atoms with Gasteiger partial charge in [-0.15, -0.1) is 0 Å². The summed E-state index contributed by atoms with van der Waals surface area (Å²) in [5.41, 5.74) is 1.32. The van der Waals surface area contributed by atoms with E-state index in [4.69, 9.17) is 9.47 Å². The number of unbranched alkanes of at least 4 members (excludes halogenated alkanes) is 17. The van der Waals surface area contributed by atoms with Gasteiger partial charge in [0, 0.05) is 62.9 Å². The van der Waals surface area contributed by atoms with Crippen LogP contribution in [0.3, 0.4) is 0 Å². The van der Waals surface area contributed by atoms with Crippen LogP contribution in [0.5, 0.6) is 11.5 Å². The number of pyridine rings is 1. The molecule has 6 rings (SSSR count). The Bertz CT molecular complexity index is 1890. The van der Waals surface area contributed by atoms with E-state index >= 15 is 4.39 Å². The smallest absolute Gasteiger partial charge is 0.210 e. The molecule has 0 spiro atoms. The zero-order valence-corrected chi connectivity index (χ0v) is 40.3. The Labute approximate surface area is 381 Å². The van der Waals surface area contributed by atoms with Gasteiger partial charge < -0.3 is 19.3 Å². The lowest BCUT2D eigenvalue weighted by molar-refractivity contribution is 0.0384. The number of hydrogen-bond acceptors (Lipinski definition) is 9. The van der Waals surface area contributed by atoms with Crippen molar-refractivity contribution >= 4 is 26.4 Å². The number of methoxy groups -OCH3 is 1. The fourth-order valence-corrected chi connectivity index (χ4v) is 11.8. The summed E-state index contributed by atoms with van der Waals surface area (Å²) in [6.45, 7) is 14.4. The summed E-state index contributed by atoms with van der Waals surface area (Å²) >= 11 is 0. The van der Waals surface area contributed by atoms with Gasteiger partial charge in [-0.25, -0.2) is 12.8 Å². The van der Waals surface area contributed by atoms with Crippen LogP contribution in [0.15, 0.2) is 52.4 Å². The number of benzene rings is 2. The van der Waals surface area contributed by atoms with Crippen molar-refractivity contribution in [3.8, 4) is 11.5 Å². The molecule has 3 fully saturated rings. The van der Waals surface area contributed by atoms with Crippen LogP contribution < -0.4 is 14.4 Å². The summed E-state index contributed by atoms with van der Waals surface area (Å²) in [5, 5.41) is 0.724. The summed E-state index contributed by atoms with van der Waals surface area (Å²) in [6.07, 6.45) is 29.4. The van der Waals surface area contributed by atoms with Crippen LogP contribution in [-0.2, 0) is 9.84 Å². The highest BCUT2D eigenvalue weighted by molar-refractivity contribution is 7.91. The number of likely N-dealkylation sites (tertiary alicyclic amines) is 1. The predicted molar refractivity (Wildman–Crippen MR) is 258 cm³/mol. The Kier molecular flexibility index (Phi) is 20.6. The summed E-state index contributed by atoms with van der Waals surface area (Å²) < 4.78 is 56.0. The molecule has 0 N–H and O–H groups in total. The van der Waals surface area contributed by atoms with E-state index in [1.54, 1.807) is 7.11 Å². The van der Waals surface area contributed by atoms with Gasteiger partial charge in [-0.1, -0.05) is 123 Å². The largest absolute Gasteiger partial charge is 0.497 e. The summed E-state index contributed by atoms with van der Waals surface area (Å²) in [5.74, 6) is 0.0608. The maximum absolute atomic E-state index is 15.6. The van der Waals surface area contributed by atoms with Crippen LogP contribution in [-0.4, -0.2) is 113 Å². The highest BCUT2D eigenvalue weighted by atomic mass is 32.2. The quantitative estimate of drug-likeness (QED) is 0.0695. The van der Waals surface area contributed by atoms with Gasteiger partial charge in [0.25, 0.3) is 0 Å². The van der Waals surface area contributed by atoms with E-state index in [0.717, 1.165) is 89.4 Å². The zero-order chi connectivity index (χ0) is 44.3. The monoisotopic (exact) mass is 892 g/mol. The maximum atomic E-state index is 15.6. The average molecular weight is 892 g/mol. The van der Waals surface area contributed by atoms with Crippen molar-refractivity contribution in [2.75, 3.05) is 77.5 Å². The van der Waals surface area contributed by atoms with Crippen molar-refractivity contribution in [2.45, 2.75) is 177 Å². The number of ether oxygens (including phenoxy) is 2. The summed E-state index contributed by atoms with van der Waals surface area (Å²) in [7, 11) is -2.53. The minimum atomic E-state index is -4.14. The lowest BCUT2D eigenvalue weighted by atomic mass is 9.99. The molecule has 3 aromatic rings. The Morgan fingerprint density at radius 2 is 1.17 bits per heavy atom. The molecule has 1 aromatic heterocycles. The molecule has 11 heteroatoms. The van der Waals surface area contributed by atoms with Crippen molar-refractivity contribution in [1.29, 1.82) is 0 Å². The molecule has 0 amide bonds. The third kappa shape index (κ3) is 14.5. The highest BCUT2D eigenvalue weighted by Crippen LogP contribution is 2.39. The van der Waals surface area contributed by atoms with Gasteiger partial charge in [0.15, 0.2) is 11.6 Å². The van der Waals surface area contributed by atoms with E-state index in [-0.39, 0.29) is 15.5 Å². The van der Waals surface area contributed by atoms with Gasteiger partial charge in [-0.2, -0.15) is 0 Å². The van der Waals surface area contributed by atoms with E-state index in [9.17, 15) is 8.42 Å². The van der Waals surface area contributed by atoms with Crippen molar-refractivity contribution in [2.24, 2.45) is 0 Å². The average Bonchev–Trinajstić information content (AvgIpc) is 3.32. The van der Waals surface area contributed by atoms with E-state index in [1.807, 2.05) is 18.2 Å². The van der Waals surface area contributed by atoms with Gasteiger partial charge >= 0.3 is 0 Å². The number of fused-ring (bicyclic) bond motifs is 1. The molecule has 352 valence electrons. The molecule has 0 atom stereocenters. The van der Waals surface area contributed by atoms with Gasteiger partial charge in [-0.3, -0.25) is 14.8 Å². The first-order chi connectivity index (χ1) is 30.8. The fraction of sp³-hybridized carbons (Fsp3) is 0.712. The molecule has 9 nitrogen and oxygen atoms in total. The van der Waals surface area contributed by atoms with Crippen molar-refractivity contribution in [3.05, 3.63) is 48.4 Å². The molecule has 0 unspecified atom stereocenters. The van der Waals surface area contributed by atoms with Gasteiger partial charge in [-0.05, 0) is 88.1 Å². The number of piperazine rings is 1. The predicted octanol–water partition coefficient (Wildman–Crippen LogP) is 11.7. The number of sulfone groups is 1. The SMILES string of the molecule is CCCCCCCCCCCCCCCCCCCCOc1ccc(S(=O)(=O)c2cnc3ccc(OC)cc3c2N2CCC(N3CCN(C4CCN(CC)CC4)CC3)CC2)cc1F. The van der Waals surface area contributed by atoms with E-state index in [1.165, 1.54) is 141 Å². The third-order valence-electron chi connectivity index (χ3n) is 14.4. The van der Waals surface area contributed by atoms with Crippen LogP contribution in [0.25, 0.3) is 10.9 Å². The van der Waals surface area contributed by atoms with E-state index < -0.39 is 15.7 Å². The number of rotatable bonds is 27. The van der Waals surface area contributed by atoms with E-state index in [2.05, 4.69) is 38.4 Å². The Morgan fingerprint density at radius 1 is 0.651 bits per heavy atom.